The molecule has 1 atom stereocenters. The van der Waals surface area contributed by atoms with Crippen LogP contribution in [0, 0.1) is 18.3 Å². The smallest absolute Gasteiger partial charge is 0.348 e. The average Bonchev–Trinajstić information content (AvgIpc) is 3.35. The first-order valence-corrected chi connectivity index (χ1v) is 10.3. The van der Waals surface area contributed by atoms with Crippen LogP contribution in [-0.2, 0) is 14.3 Å². The number of aromatic nitrogens is 1. The van der Waals surface area contributed by atoms with Gasteiger partial charge in [-0.2, -0.15) is 5.26 Å². The number of rotatable bonds is 7. The number of nitrogens with one attached hydrogen (secondary N) is 1. The molecule has 31 heavy (non-hydrogen) atoms. The van der Waals surface area contributed by atoms with Gasteiger partial charge in [0.05, 0.1) is 17.7 Å². The van der Waals surface area contributed by atoms with Crippen LogP contribution in [0.1, 0.15) is 51.4 Å². The molecule has 1 aromatic carbocycles. The van der Waals surface area contributed by atoms with Crippen molar-refractivity contribution in [1.29, 1.82) is 5.26 Å². The Bertz CT molecular complexity index is 1190. The molecule has 9 nitrogen and oxygen atoms in total. The largest absolute Gasteiger partial charge is 0.462 e. The number of hydrogen-bond acceptors (Lipinski definition) is 9. The van der Waals surface area contributed by atoms with Crippen LogP contribution >= 0.6 is 11.3 Å². The van der Waals surface area contributed by atoms with Gasteiger partial charge < -0.3 is 19.2 Å². The summed E-state index contributed by atoms with van der Waals surface area (Å²) in [6.45, 7) is 5.15. The number of para-hydroxylation sites is 1. The topological polar surface area (TPSA) is 132 Å². The van der Waals surface area contributed by atoms with Crippen molar-refractivity contribution in [2.75, 3.05) is 11.9 Å². The minimum absolute atomic E-state index is 0.162. The normalized spacial score (nSPS) is 11.5. The molecule has 10 heteroatoms. The van der Waals surface area contributed by atoms with E-state index < -0.39 is 23.9 Å². The summed E-state index contributed by atoms with van der Waals surface area (Å²) in [6, 6.07) is 6.80. The number of carbonyl (C=O) groups excluding carboxylic acids is 3. The van der Waals surface area contributed by atoms with E-state index in [2.05, 4.69) is 10.3 Å². The molecule has 1 amide bonds. The number of thiophene rings is 1. The molecule has 3 rings (SSSR count). The summed E-state index contributed by atoms with van der Waals surface area (Å²) in [7, 11) is 0. The fourth-order valence-electron chi connectivity index (χ4n) is 2.89. The summed E-state index contributed by atoms with van der Waals surface area (Å²) in [5.74, 6) is -1.91. The molecule has 0 radical (unpaired) electrons. The molecule has 1 N–H and O–H groups in total. The third kappa shape index (κ3) is 4.41. The van der Waals surface area contributed by atoms with E-state index in [0.29, 0.717) is 16.7 Å². The van der Waals surface area contributed by atoms with Crippen molar-refractivity contribution >= 4 is 45.3 Å². The highest BCUT2D eigenvalue weighted by atomic mass is 32.1. The van der Waals surface area contributed by atoms with Gasteiger partial charge in [0.2, 0.25) is 0 Å². The Morgan fingerprint density at radius 2 is 2.06 bits per heavy atom. The number of nitrogens with zero attached hydrogens (tertiary/aromatic N) is 2. The molecule has 3 aromatic rings. The molecule has 0 fully saturated rings. The average molecular weight is 441 g/mol. The molecule has 0 saturated carbocycles. The Morgan fingerprint density at radius 1 is 1.29 bits per heavy atom. The molecule has 2 aromatic heterocycles. The van der Waals surface area contributed by atoms with Gasteiger partial charge in [-0.15, -0.1) is 11.3 Å². The third-order valence-electron chi connectivity index (χ3n) is 4.45. The maximum Gasteiger partial charge on any atom is 0.348 e. The summed E-state index contributed by atoms with van der Waals surface area (Å²) in [5, 5.41) is 12.3. The van der Waals surface area contributed by atoms with Crippen molar-refractivity contribution in [2.24, 2.45) is 0 Å². The predicted octanol–water partition coefficient (Wildman–Crippen LogP) is 3.82. The Hall–Kier alpha value is -3.71. The maximum atomic E-state index is 12.8. The Kier molecular flexibility index (Phi) is 6.67. The Labute approximate surface area is 181 Å². The number of carbonyl (C=O) groups is 3. The van der Waals surface area contributed by atoms with Crippen molar-refractivity contribution in [3.8, 4) is 6.07 Å². The molecule has 0 aliphatic carbocycles. The van der Waals surface area contributed by atoms with Gasteiger partial charge in [0.1, 0.15) is 21.5 Å². The highest BCUT2D eigenvalue weighted by Crippen LogP contribution is 2.33. The molecular weight excluding hydrogens is 422 g/mol. The first-order valence-electron chi connectivity index (χ1n) is 9.45. The molecular formula is C21H19N3O6S. The van der Waals surface area contributed by atoms with Gasteiger partial charge >= 0.3 is 11.9 Å². The number of esters is 2. The van der Waals surface area contributed by atoms with Gasteiger partial charge in [-0.25, -0.2) is 14.6 Å². The summed E-state index contributed by atoms with van der Waals surface area (Å²) < 4.78 is 15.6. The number of anilines is 1. The van der Waals surface area contributed by atoms with Crippen LogP contribution in [0.15, 0.2) is 29.0 Å². The molecule has 1 unspecified atom stereocenters. The van der Waals surface area contributed by atoms with Gasteiger partial charge in [-0.1, -0.05) is 13.0 Å². The Balaban J connectivity index is 1.79. The number of amides is 1. The molecule has 0 bridgehead atoms. The fraction of sp³-hybridized carbons (Fsp3) is 0.286. The van der Waals surface area contributed by atoms with E-state index in [1.54, 1.807) is 32.9 Å². The zero-order valence-corrected chi connectivity index (χ0v) is 17.9. The fourth-order valence-corrected chi connectivity index (χ4v) is 3.94. The Morgan fingerprint density at radius 3 is 2.74 bits per heavy atom. The van der Waals surface area contributed by atoms with Crippen LogP contribution in [0.4, 0.5) is 5.00 Å². The summed E-state index contributed by atoms with van der Waals surface area (Å²) in [6.07, 6.45) is 0.299. The van der Waals surface area contributed by atoms with Gasteiger partial charge in [-0.05, 0) is 38.0 Å². The van der Waals surface area contributed by atoms with E-state index in [1.807, 2.05) is 6.07 Å². The molecule has 0 aliphatic rings. The van der Waals surface area contributed by atoms with Gasteiger partial charge in [0, 0.05) is 0 Å². The lowest BCUT2D eigenvalue weighted by molar-refractivity contribution is -0.124. The maximum absolute atomic E-state index is 12.8. The van der Waals surface area contributed by atoms with Crippen molar-refractivity contribution < 1.29 is 28.3 Å². The summed E-state index contributed by atoms with van der Waals surface area (Å²) in [5.41, 5.74) is 1.51. The minimum atomic E-state index is -1.12. The summed E-state index contributed by atoms with van der Waals surface area (Å²) >= 11 is 0.941. The van der Waals surface area contributed by atoms with Crippen LogP contribution in [0.25, 0.3) is 11.1 Å². The third-order valence-corrected chi connectivity index (χ3v) is 5.64. The summed E-state index contributed by atoms with van der Waals surface area (Å²) in [4.78, 5) is 41.7. The zero-order valence-electron chi connectivity index (χ0n) is 17.1. The quantitative estimate of drug-likeness (QED) is 0.547. The second kappa shape index (κ2) is 9.40. The van der Waals surface area contributed by atoms with Crippen LogP contribution in [0.2, 0.25) is 0 Å². The lowest BCUT2D eigenvalue weighted by atomic mass is 10.1. The molecule has 0 spiro atoms. The van der Waals surface area contributed by atoms with Crippen LogP contribution < -0.4 is 5.32 Å². The molecule has 2 heterocycles. The lowest BCUT2D eigenvalue weighted by Crippen LogP contribution is -2.32. The van der Waals surface area contributed by atoms with Crippen molar-refractivity contribution in [2.45, 2.75) is 33.3 Å². The zero-order chi connectivity index (χ0) is 22.5. The number of hydrogen-bond donors (Lipinski definition) is 1. The SMILES string of the molecule is CCOC(=O)c1sc(NC(=O)C(CC)OC(=O)c2cccc3ocnc23)c(C#N)c1C. The van der Waals surface area contributed by atoms with E-state index in [-0.39, 0.29) is 34.0 Å². The second-order valence-electron chi connectivity index (χ2n) is 6.39. The van der Waals surface area contributed by atoms with Crippen molar-refractivity contribution in [3.05, 3.63) is 46.2 Å². The van der Waals surface area contributed by atoms with Crippen LogP contribution in [0.3, 0.4) is 0 Å². The van der Waals surface area contributed by atoms with Gasteiger partial charge in [0.15, 0.2) is 18.1 Å². The molecule has 0 saturated heterocycles. The number of fused-ring (bicyclic) bond motifs is 1. The number of ether oxygens (including phenoxy) is 2. The number of oxazole rings is 1. The van der Waals surface area contributed by atoms with E-state index in [9.17, 15) is 19.6 Å². The first-order chi connectivity index (χ1) is 14.9. The number of benzene rings is 1. The highest BCUT2D eigenvalue weighted by molar-refractivity contribution is 7.18. The van der Waals surface area contributed by atoms with Gasteiger partial charge in [-0.3, -0.25) is 4.79 Å². The lowest BCUT2D eigenvalue weighted by Gasteiger charge is -2.15. The monoisotopic (exact) mass is 441 g/mol. The van der Waals surface area contributed by atoms with Crippen molar-refractivity contribution in [1.82, 2.24) is 4.98 Å². The first kappa shape index (κ1) is 22.0. The molecule has 0 aliphatic heterocycles. The van der Waals surface area contributed by atoms with E-state index in [0.717, 1.165) is 11.3 Å². The van der Waals surface area contributed by atoms with E-state index >= 15 is 0 Å². The highest BCUT2D eigenvalue weighted by Gasteiger charge is 2.27. The van der Waals surface area contributed by atoms with Crippen LogP contribution in [0.5, 0.6) is 0 Å². The number of nitriles is 1. The van der Waals surface area contributed by atoms with Crippen molar-refractivity contribution in [3.63, 3.8) is 0 Å². The minimum Gasteiger partial charge on any atom is -0.462 e. The van der Waals surface area contributed by atoms with E-state index in [4.69, 9.17) is 13.9 Å². The van der Waals surface area contributed by atoms with Crippen LogP contribution in [-0.4, -0.2) is 35.5 Å². The van der Waals surface area contributed by atoms with Gasteiger partial charge in [0.25, 0.3) is 5.91 Å². The second-order valence-corrected chi connectivity index (χ2v) is 7.41. The predicted molar refractivity (Wildman–Crippen MR) is 112 cm³/mol. The van der Waals surface area contributed by atoms with E-state index in [1.165, 1.54) is 12.5 Å². The molecule has 160 valence electrons. The standard InChI is InChI=1S/C21H19N3O6S/c1-4-14(30-20(26)12-7-6-8-15-16(12)23-10-29-15)18(25)24-19-13(9-22)11(3)17(31-19)21(27)28-5-2/h6-8,10,14H,4-5H2,1-3H3,(H,24,25).